The van der Waals surface area contributed by atoms with Gasteiger partial charge in [-0.2, -0.15) is 0 Å². The predicted molar refractivity (Wildman–Crippen MR) is 59.6 cm³/mol. The molecule has 0 amide bonds. The van der Waals surface area contributed by atoms with Crippen molar-refractivity contribution in [2.24, 2.45) is 0 Å². The Morgan fingerprint density at radius 1 is 1.50 bits per heavy atom. The number of ether oxygens (including phenoxy) is 1. The van der Waals surface area contributed by atoms with Gasteiger partial charge in [-0.3, -0.25) is 4.90 Å². The van der Waals surface area contributed by atoms with Crippen molar-refractivity contribution in [1.82, 2.24) is 10.2 Å². The quantitative estimate of drug-likeness (QED) is 0.735. The summed E-state index contributed by atoms with van der Waals surface area (Å²) in [6.07, 6.45) is 1.18. The molecule has 0 aromatic rings. The van der Waals surface area contributed by atoms with Gasteiger partial charge in [-0.1, -0.05) is 6.92 Å². The Labute approximate surface area is 87.8 Å². The van der Waals surface area contributed by atoms with Crippen molar-refractivity contribution in [2.45, 2.75) is 38.8 Å². The second kappa shape index (κ2) is 5.10. The van der Waals surface area contributed by atoms with Crippen molar-refractivity contribution in [1.29, 1.82) is 0 Å². The maximum atomic E-state index is 5.44. The molecule has 0 aliphatic carbocycles. The van der Waals surface area contributed by atoms with Crippen molar-refractivity contribution in [3.8, 4) is 0 Å². The summed E-state index contributed by atoms with van der Waals surface area (Å²) in [5.41, 5.74) is 0.291. The lowest BCUT2D eigenvalue weighted by molar-refractivity contribution is 0.0474. The minimum absolute atomic E-state index is 0.291. The summed E-state index contributed by atoms with van der Waals surface area (Å²) in [6, 6.07) is 0.500. The summed E-state index contributed by atoms with van der Waals surface area (Å²) in [5, 5.41) is 3.48. The SMILES string of the molecule is CCC(C)(C)N(C)CC1COCCN1. The Kier molecular flexibility index (Phi) is 4.35. The van der Waals surface area contributed by atoms with Gasteiger partial charge in [-0.15, -0.1) is 0 Å². The van der Waals surface area contributed by atoms with Gasteiger partial charge >= 0.3 is 0 Å². The summed E-state index contributed by atoms with van der Waals surface area (Å²) in [7, 11) is 2.19. The average molecular weight is 200 g/mol. The van der Waals surface area contributed by atoms with E-state index in [4.69, 9.17) is 4.74 Å². The molecule has 0 saturated carbocycles. The van der Waals surface area contributed by atoms with Crippen LogP contribution in [0.1, 0.15) is 27.2 Å². The molecule has 1 aliphatic heterocycles. The van der Waals surface area contributed by atoms with E-state index in [-0.39, 0.29) is 0 Å². The van der Waals surface area contributed by atoms with Crippen LogP contribution in [0.3, 0.4) is 0 Å². The molecule has 1 rings (SSSR count). The molecule has 0 radical (unpaired) electrons. The van der Waals surface area contributed by atoms with Gasteiger partial charge in [-0.05, 0) is 27.3 Å². The highest BCUT2D eigenvalue weighted by Crippen LogP contribution is 2.16. The molecule has 1 heterocycles. The molecule has 14 heavy (non-hydrogen) atoms. The van der Waals surface area contributed by atoms with Gasteiger partial charge < -0.3 is 10.1 Å². The van der Waals surface area contributed by atoms with Crippen LogP contribution in [-0.2, 0) is 4.74 Å². The first-order valence-electron chi connectivity index (χ1n) is 5.58. The largest absolute Gasteiger partial charge is 0.378 e. The zero-order valence-electron chi connectivity index (χ0n) is 9.97. The van der Waals surface area contributed by atoms with Crippen LogP contribution >= 0.6 is 0 Å². The van der Waals surface area contributed by atoms with Gasteiger partial charge in [0.2, 0.25) is 0 Å². The number of hydrogen-bond donors (Lipinski definition) is 1. The van der Waals surface area contributed by atoms with Gasteiger partial charge in [-0.25, -0.2) is 0 Å². The van der Waals surface area contributed by atoms with Gasteiger partial charge in [0, 0.05) is 24.7 Å². The summed E-state index contributed by atoms with van der Waals surface area (Å²) in [6.45, 7) is 10.6. The number of likely N-dealkylation sites (N-methyl/N-ethyl adjacent to an activating group) is 1. The summed E-state index contributed by atoms with van der Waals surface area (Å²) in [4.78, 5) is 2.42. The first-order valence-corrected chi connectivity index (χ1v) is 5.58. The van der Waals surface area contributed by atoms with Crippen LogP contribution < -0.4 is 5.32 Å². The van der Waals surface area contributed by atoms with Gasteiger partial charge in [0.25, 0.3) is 0 Å². The fourth-order valence-corrected chi connectivity index (χ4v) is 1.58. The highest BCUT2D eigenvalue weighted by Gasteiger charge is 2.24. The lowest BCUT2D eigenvalue weighted by Gasteiger charge is -2.38. The molecule has 0 bridgehead atoms. The van der Waals surface area contributed by atoms with E-state index in [9.17, 15) is 0 Å². The van der Waals surface area contributed by atoms with Crippen LogP contribution in [0, 0.1) is 0 Å². The van der Waals surface area contributed by atoms with Crippen LogP contribution in [0.15, 0.2) is 0 Å². The van der Waals surface area contributed by atoms with Gasteiger partial charge in [0.1, 0.15) is 0 Å². The predicted octanol–water partition coefficient (Wildman–Crippen LogP) is 1.10. The van der Waals surface area contributed by atoms with E-state index in [2.05, 4.69) is 38.0 Å². The zero-order chi connectivity index (χ0) is 10.6. The fraction of sp³-hybridized carbons (Fsp3) is 1.00. The first kappa shape index (κ1) is 12.0. The summed E-state index contributed by atoms with van der Waals surface area (Å²) >= 11 is 0. The van der Waals surface area contributed by atoms with E-state index < -0.39 is 0 Å². The smallest absolute Gasteiger partial charge is 0.0632 e. The van der Waals surface area contributed by atoms with E-state index >= 15 is 0 Å². The third kappa shape index (κ3) is 3.23. The molecule has 1 atom stereocenters. The molecule has 3 heteroatoms. The molecule has 0 aromatic heterocycles. The molecule has 84 valence electrons. The third-order valence-electron chi connectivity index (χ3n) is 3.39. The first-order chi connectivity index (χ1) is 6.56. The topological polar surface area (TPSA) is 24.5 Å². The second-order valence-electron chi connectivity index (χ2n) is 4.77. The number of hydrogen-bond acceptors (Lipinski definition) is 3. The fourth-order valence-electron chi connectivity index (χ4n) is 1.58. The van der Waals surface area contributed by atoms with Crippen molar-refractivity contribution in [3.05, 3.63) is 0 Å². The molecular weight excluding hydrogens is 176 g/mol. The summed E-state index contributed by atoms with van der Waals surface area (Å²) < 4.78 is 5.44. The summed E-state index contributed by atoms with van der Waals surface area (Å²) in [5.74, 6) is 0. The van der Waals surface area contributed by atoms with Crippen LogP contribution in [-0.4, -0.2) is 49.8 Å². The molecule has 1 saturated heterocycles. The van der Waals surface area contributed by atoms with Gasteiger partial charge in [0.05, 0.1) is 13.2 Å². The highest BCUT2D eigenvalue weighted by atomic mass is 16.5. The Morgan fingerprint density at radius 2 is 2.21 bits per heavy atom. The minimum Gasteiger partial charge on any atom is -0.378 e. The number of nitrogens with zero attached hydrogens (tertiary/aromatic N) is 1. The Bertz CT molecular complexity index is 165. The highest BCUT2D eigenvalue weighted by molar-refractivity contribution is 4.82. The van der Waals surface area contributed by atoms with E-state index in [1.54, 1.807) is 0 Å². The van der Waals surface area contributed by atoms with Crippen LogP contribution in [0.5, 0.6) is 0 Å². The third-order valence-corrected chi connectivity index (χ3v) is 3.39. The second-order valence-corrected chi connectivity index (χ2v) is 4.77. The van der Waals surface area contributed by atoms with Crippen LogP contribution in [0.25, 0.3) is 0 Å². The van der Waals surface area contributed by atoms with Crippen molar-refractivity contribution in [2.75, 3.05) is 33.4 Å². The molecule has 1 N–H and O–H groups in total. The molecular formula is C11H24N2O. The van der Waals surface area contributed by atoms with Crippen molar-refractivity contribution in [3.63, 3.8) is 0 Å². The molecule has 3 nitrogen and oxygen atoms in total. The molecule has 1 fully saturated rings. The standard InChI is InChI=1S/C11H24N2O/c1-5-11(2,3)13(4)8-10-9-14-7-6-12-10/h10,12H,5-9H2,1-4H3. The normalized spacial score (nSPS) is 24.2. The molecule has 0 spiro atoms. The van der Waals surface area contributed by atoms with Crippen LogP contribution in [0.4, 0.5) is 0 Å². The lowest BCUT2D eigenvalue weighted by Crippen LogP contribution is -2.52. The number of morpholine rings is 1. The van der Waals surface area contributed by atoms with Gasteiger partial charge in [0.15, 0.2) is 0 Å². The number of rotatable bonds is 4. The average Bonchev–Trinajstić information content (AvgIpc) is 2.19. The number of nitrogens with one attached hydrogen (secondary N) is 1. The molecule has 1 unspecified atom stereocenters. The minimum atomic E-state index is 0.291. The zero-order valence-corrected chi connectivity index (χ0v) is 9.97. The van der Waals surface area contributed by atoms with Crippen molar-refractivity contribution < 1.29 is 4.74 Å². The van der Waals surface area contributed by atoms with E-state index in [0.717, 1.165) is 26.3 Å². The maximum absolute atomic E-state index is 5.44. The van der Waals surface area contributed by atoms with E-state index in [1.165, 1.54) is 6.42 Å². The molecule has 1 aliphatic rings. The van der Waals surface area contributed by atoms with Crippen molar-refractivity contribution >= 4 is 0 Å². The Hall–Kier alpha value is -0.120. The van der Waals surface area contributed by atoms with E-state index in [1.807, 2.05) is 0 Å². The lowest BCUT2D eigenvalue weighted by atomic mass is 9.99. The molecule has 0 aromatic carbocycles. The Morgan fingerprint density at radius 3 is 2.71 bits per heavy atom. The Balaban J connectivity index is 2.34. The monoisotopic (exact) mass is 200 g/mol. The van der Waals surface area contributed by atoms with Crippen LogP contribution in [0.2, 0.25) is 0 Å². The van der Waals surface area contributed by atoms with E-state index in [0.29, 0.717) is 11.6 Å². The maximum Gasteiger partial charge on any atom is 0.0632 e.